The maximum atomic E-state index is 11.1. The summed E-state index contributed by atoms with van der Waals surface area (Å²) in [6, 6.07) is 5.03. The second kappa shape index (κ2) is 4.21. The fourth-order valence-electron chi connectivity index (χ4n) is 1.18. The number of carbonyl (C=O) groups excluding carboxylic acids is 1. The highest BCUT2D eigenvalue weighted by atomic mass is 35.5. The second-order valence-corrected chi connectivity index (χ2v) is 3.87. The van der Waals surface area contributed by atoms with Gasteiger partial charge in [0.2, 0.25) is 0 Å². The molecule has 0 amide bonds. The van der Waals surface area contributed by atoms with Gasteiger partial charge in [0.05, 0.1) is 11.6 Å². The van der Waals surface area contributed by atoms with Crippen molar-refractivity contribution in [3.8, 4) is 5.75 Å². The Bertz CT molecular complexity index is 385. The lowest BCUT2D eigenvalue weighted by molar-refractivity contribution is 0.101. The van der Waals surface area contributed by atoms with Gasteiger partial charge in [0.25, 0.3) is 0 Å². The Morgan fingerprint density at radius 1 is 1.67 bits per heavy atom. The third-order valence-corrected chi connectivity index (χ3v) is 2.46. The number of rotatable bonds is 4. The van der Waals surface area contributed by atoms with Crippen LogP contribution < -0.4 is 4.74 Å². The van der Waals surface area contributed by atoms with Crippen LogP contribution in [0.15, 0.2) is 18.2 Å². The summed E-state index contributed by atoms with van der Waals surface area (Å²) in [7, 11) is 0. The van der Waals surface area contributed by atoms with E-state index in [-0.39, 0.29) is 11.9 Å². The van der Waals surface area contributed by atoms with Gasteiger partial charge < -0.3 is 9.47 Å². The van der Waals surface area contributed by atoms with Gasteiger partial charge in [0.1, 0.15) is 18.5 Å². The van der Waals surface area contributed by atoms with Crippen molar-refractivity contribution in [1.29, 1.82) is 0 Å². The number of Topliss-reactive ketones (excluding diaryl/α,β-unsaturated/α-hetero) is 1. The fraction of sp³-hybridized carbons (Fsp3) is 0.364. The predicted molar refractivity (Wildman–Crippen MR) is 56.7 cm³/mol. The molecular weight excluding hydrogens is 216 g/mol. The molecule has 1 fully saturated rings. The third-order valence-electron chi connectivity index (χ3n) is 2.17. The van der Waals surface area contributed by atoms with Crippen molar-refractivity contribution in [3.63, 3.8) is 0 Å². The SMILES string of the molecule is CC(=O)c1ccc(OCC2CO2)c(Cl)c1. The highest BCUT2D eigenvalue weighted by Crippen LogP contribution is 2.26. The fourth-order valence-corrected chi connectivity index (χ4v) is 1.42. The molecule has 1 heterocycles. The molecule has 1 saturated heterocycles. The van der Waals surface area contributed by atoms with Crippen molar-refractivity contribution in [2.45, 2.75) is 13.0 Å². The number of carbonyl (C=O) groups is 1. The molecule has 1 aliphatic rings. The normalized spacial score (nSPS) is 18.7. The average Bonchev–Trinajstić information content (AvgIpc) is 2.99. The second-order valence-electron chi connectivity index (χ2n) is 3.47. The standard InChI is InChI=1S/C11H11ClO3/c1-7(13)8-2-3-11(10(12)4-8)15-6-9-5-14-9/h2-4,9H,5-6H2,1H3. The maximum Gasteiger partial charge on any atom is 0.159 e. The Hall–Kier alpha value is -1.06. The van der Waals surface area contributed by atoms with E-state index in [1.807, 2.05) is 0 Å². The molecule has 0 saturated carbocycles. The van der Waals surface area contributed by atoms with Crippen LogP contribution in [0.25, 0.3) is 0 Å². The van der Waals surface area contributed by atoms with Gasteiger partial charge in [0, 0.05) is 5.56 Å². The molecule has 1 aromatic carbocycles. The predicted octanol–water partition coefficient (Wildman–Crippen LogP) is 2.32. The number of epoxide rings is 1. The van der Waals surface area contributed by atoms with E-state index in [9.17, 15) is 4.79 Å². The van der Waals surface area contributed by atoms with Crippen LogP contribution in [0.2, 0.25) is 5.02 Å². The van der Waals surface area contributed by atoms with Gasteiger partial charge in [-0.3, -0.25) is 4.79 Å². The molecule has 1 atom stereocenters. The van der Waals surface area contributed by atoms with Crippen LogP contribution in [0.4, 0.5) is 0 Å². The van der Waals surface area contributed by atoms with Crippen molar-refractivity contribution in [3.05, 3.63) is 28.8 Å². The Balaban J connectivity index is 2.07. The summed E-state index contributed by atoms with van der Waals surface area (Å²) in [5, 5.41) is 0.461. The molecule has 0 aliphatic carbocycles. The Morgan fingerprint density at radius 3 is 2.93 bits per heavy atom. The van der Waals surface area contributed by atoms with Crippen LogP contribution >= 0.6 is 11.6 Å². The zero-order valence-electron chi connectivity index (χ0n) is 8.33. The number of ketones is 1. The molecule has 4 heteroatoms. The summed E-state index contributed by atoms with van der Waals surface area (Å²) in [5.74, 6) is 0.589. The number of benzene rings is 1. The molecule has 2 rings (SSSR count). The first kappa shape index (κ1) is 10.5. The molecule has 0 radical (unpaired) electrons. The van der Waals surface area contributed by atoms with Crippen LogP contribution in [0.1, 0.15) is 17.3 Å². The molecule has 0 bridgehead atoms. The zero-order chi connectivity index (χ0) is 10.8. The van der Waals surface area contributed by atoms with Crippen LogP contribution in [-0.2, 0) is 4.74 Å². The molecule has 3 nitrogen and oxygen atoms in total. The van der Waals surface area contributed by atoms with Crippen LogP contribution in [0, 0.1) is 0 Å². The molecular formula is C11H11ClO3. The van der Waals surface area contributed by atoms with E-state index in [0.717, 1.165) is 6.61 Å². The summed E-state index contributed by atoms with van der Waals surface area (Å²) in [4.78, 5) is 11.1. The Labute approximate surface area is 92.9 Å². The summed E-state index contributed by atoms with van der Waals surface area (Å²) in [6.45, 7) is 2.77. The molecule has 15 heavy (non-hydrogen) atoms. The lowest BCUT2D eigenvalue weighted by Gasteiger charge is -2.07. The van der Waals surface area contributed by atoms with Crippen molar-refractivity contribution >= 4 is 17.4 Å². The van der Waals surface area contributed by atoms with E-state index in [1.54, 1.807) is 18.2 Å². The molecule has 80 valence electrons. The first-order valence-corrected chi connectivity index (χ1v) is 5.09. The quantitative estimate of drug-likeness (QED) is 0.584. The number of ether oxygens (including phenoxy) is 2. The van der Waals surface area contributed by atoms with E-state index in [0.29, 0.717) is 22.9 Å². The lowest BCUT2D eigenvalue weighted by Crippen LogP contribution is -2.04. The molecule has 0 spiro atoms. The van der Waals surface area contributed by atoms with Crippen LogP contribution in [-0.4, -0.2) is 25.1 Å². The van der Waals surface area contributed by atoms with Gasteiger partial charge in [-0.25, -0.2) is 0 Å². The van der Waals surface area contributed by atoms with Gasteiger partial charge in [-0.15, -0.1) is 0 Å². The first-order chi connectivity index (χ1) is 7.16. The number of halogens is 1. The van der Waals surface area contributed by atoms with Crippen molar-refractivity contribution in [2.75, 3.05) is 13.2 Å². The molecule has 1 aromatic rings. The van der Waals surface area contributed by atoms with Crippen molar-refractivity contribution in [1.82, 2.24) is 0 Å². The van der Waals surface area contributed by atoms with Gasteiger partial charge in [-0.2, -0.15) is 0 Å². The Morgan fingerprint density at radius 2 is 2.40 bits per heavy atom. The van der Waals surface area contributed by atoms with Crippen molar-refractivity contribution in [2.24, 2.45) is 0 Å². The highest BCUT2D eigenvalue weighted by molar-refractivity contribution is 6.32. The minimum atomic E-state index is -0.00558. The van der Waals surface area contributed by atoms with Crippen LogP contribution in [0.5, 0.6) is 5.75 Å². The lowest BCUT2D eigenvalue weighted by atomic mass is 10.1. The number of hydrogen-bond acceptors (Lipinski definition) is 3. The van der Waals surface area contributed by atoms with E-state index in [4.69, 9.17) is 21.1 Å². The highest BCUT2D eigenvalue weighted by Gasteiger charge is 2.23. The smallest absolute Gasteiger partial charge is 0.159 e. The molecule has 1 aliphatic heterocycles. The molecule has 1 unspecified atom stereocenters. The van der Waals surface area contributed by atoms with Gasteiger partial charge in [-0.05, 0) is 25.1 Å². The van der Waals surface area contributed by atoms with Crippen LogP contribution in [0.3, 0.4) is 0 Å². The van der Waals surface area contributed by atoms with E-state index in [1.165, 1.54) is 6.92 Å². The molecule has 0 N–H and O–H groups in total. The zero-order valence-corrected chi connectivity index (χ0v) is 9.08. The summed E-state index contributed by atoms with van der Waals surface area (Å²) < 4.78 is 10.4. The third kappa shape index (κ3) is 2.70. The van der Waals surface area contributed by atoms with E-state index < -0.39 is 0 Å². The minimum absolute atomic E-state index is 0.00558. The van der Waals surface area contributed by atoms with E-state index in [2.05, 4.69) is 0 Å². The number of hydrogen-bond donors (Lipinski definition) is 0. The van der Waals surface area contributed by atoms with Gasteiger partial charge >= 0.3 is 0 Å². The minimum Gasteiger partial charge on any atom is -0.489 e. The first-order valence-electron chi connectivity index (χ1n) is 4.71. The summed E-state index contributed by atoms with van der Waals surface area (Å²) in [5.41, 5.74) is 0.593. The summed E-state index contributed by atoms with van der Waals surface area (Å²) in [6.07, 6.45) is 0.202. The summed E-state index contributed by atoms with van der Waals surface area (Å²) >= 11 is 5.96. The van der Waals surface area contributed by atoms with Crippen molar-refractivity contribution < 1.29 is 14.3 Å². The average molecular weight is 227 g/mol. The van der Waals surface area contributed by atoms with E-state index >= 15 is 0 Å². The largest absolute Gasteiger partial charge is 0.489 e. The van der Waals surface area contributed by atoms with Gasteiger partial charge in [-0.1, -0.05) is 11.6 Å². The van der Waals surface area contributed by atoms with Gasteiger partial charge in [0.15, 0.2) is 5.78 Å². The maximum absolute atomic E-state index is 11.1. The topological polar surface area (TPSA) is 38.8 Å². The molecule has 0 aromatic heterocycles. The monoisotopic (exact) mass is 226 g/mol. The Kier molecular flexibility index (Phi) is 2.93.